The third-order valence-electron chi connectivity index (χ3n) is 11.3. The number of hydrogen-bond acceptors (Lipinski definition) is 6. The lowest BCUT2D eigenvalue weighted by molar-refractivity contribution is -0.185. The Morgan fingerprint density at radius 1 is 0.947 bits per heavy atom. The molecule has 2 saturated carbocycles. The summed E-state index contributed by atoms with van der Waals surface area (Å²) in [5.74, 6) is 0.690. The van der Waals surface area contributed by atoms with Crippen molar-refractivity contribution in [2.75, 3.05) is 19.6 Å². The predicted octanol–water partition coefficient (Wildman–Crippen LogP) is 5.79. The van der Waals surface area contributed by atoms with Crippen LogP contribution in [-0.4, -0.2) is 54.0 Å². The van der Waals surface area contributed by atoms with Crippen LogP contribution in [0.4, 0.5) is 0 Å². The highest BCUT2D eigenvalue weighted by Crippen LogP contribution is 2.68. The number of esters is 2. The Morgan fingerprint density at radius 2 is 1.66 bits per heavy atom. The number of likely N-dealkylation sites (tertiary alicyclic amines) is 1. The van der Waals surface area contributed by atoms with Gasteiger partial charge in [0.15, 0.2) is 11.4 Å². The molecule has 1 aliphatic heterocycles. The Kier molecular flexibility index (Phi) is 7.43. The Hall–Kier alpha value is -1.95. The molecule has 5 aliphatic rings. The molecule has 0 aromatic carbocycles. The highest BCUT2D eigenvalue weighted by molar-refractivity contribution is 5.89. The summed E-state index contributed by atoms with van der Waals surface area (Å²) in [5.41, 5.74) is 1.30. The zero-order chi connectivity index (χ0) is 27.3. The lowest BCUT2D eigenvalue weighted by Gasteiger charge is -2.58. The highest BCUT2D eigenvalue weighted by Gasteiger charge is 2.67. The van der Waals surface area contributed by atoms with Gasteiger partial charge in [0.1, 0.15) is 6.10 Å². The van der Waals surface area contributed by atoms with E-state index in [1.807, 2.05) is 0 Å². The molecule has 0 aromatic heterocycles. The molecule has 38 heavy (non-hydrogen) atoms. The number of rotatable bonds is 6. The minimum absolute atomic E-state index is 0.0120. The Bertz CT molecular complexity index is 1040. The largest absolute Gasteiger partial charge is 0.458 e. The summed E-state index contributed by atoms with van der Waals surface area (Å²) in [4.78, 5) is 40.2. The number of Topliss-reactive ketones (excluding diaryl/α,β-unsaturated/α-hetero) is 1. The van der Waals surface area contributed by atoms with Crippen molar-refractivity contribution in [1.29, 1.82) is 0 Å². The number of carbonyl (C=O) groups excluding carboxylic acids is 3. The number of nitrogens with zero attached hydrogens (tertiary/aromatic N) is 1. The smallest absolute Gasteiger partial charge is 0.307 e. The Balaban J connectivity index is 1.34. The molecule has 1 saturated heterocycles. The summed E-state index contributed by atoms with van der Waals surface area (Å²) in [5, 5.41) is 0. The van der Waals surface area contributed by atoms with Crippen molar-refractivity contribution < 1.29 is 23.9 Å². The fourth-order valence-electron chi connectivity index (χ4n) is 9.37. The molecule has 0 unspecified atom stereocenters. The van der Waals surface area contributed by atoms with Crippen LogP contribution in [0.5, 0.6) is 0 Å². The van der Waals surface area contributed by atoms with Crippen LogP contribution < -0.4 is 0 Å². The molecule has 6 heteroatoms. The predicted molar refractivity (Wildman–Crippen MR) is 146 cm³/mol. The van der Waals surface area contributed by atoms with Gasteiger partial charge in [0.2, 0.25) is 0 Å². The van der Waals surface area contributed by atoms with Gasteiger partial charge >= 0.3 is 11.9 Å². The van der Waals surface area contributed by atoms with Gasteiger partial charge in [-0.15, -0.1) is 0 Å². The van der Waals surface area contributed by atoms with Gasteiger partial charge in [0.25, 0.3) is 0 Å². The molecule has 210 valence electrons. The first-order valence-electron chi connectivity index (χ1n) is 15.0. The normalized spacial score (nSPS) is 40.7. The minimum Gasteiger partial charge on any atom is -0.458 e. The third-order valence-corrected chi connectivity index (χ3v) is 11.3. The second kappa shape index (κ2) is 10.2. The first kappa shape index (κ1) is 27.6. The molecule has 7 atom stereocenters. The van der Waals surface area contributed by atoms with Gasteiger partial charge < -0.3 is 14.4 Å². The van der Waals surface area contributed by atoms with E-state index in [4.69, 9.17) is 9.47 Å². The summed E-state index contributed by atoms with van der Waals surface area (Å²) in [6, 6.07) is 0. The van der Waals surface area contributed by atoms with E-state index in [0.29, 0.717) is 30.6 Å². The summed E-state index contributed by atoms with van der Waals surface area (Å²) < 4.78 is 11.9. The van der Waals surface area contributed by atoms with E-state index < -0.39 is 5.60 Å². The third kappa shape index (κ3) is 4.49. The first-order chi connectivity index (χ1) is 18.0. The van der Waals surface area contributed by atoms with Gasteiger partial charge in [0, 0.05) is 18.9 Å². The van der Waals surface area contributed by atoms with Crippen molar-refractivity contribution >= 4 is 17.7 Å². The quantitative estimate of drug-likeness (QED) is 0.409. The number of ether oxygens (including phenoxy) is 2. The topological polar surface area (TPSA) is 72.9 Å². The van der Waals surface area contributed by atoms with Crippen LogP contribution in [0.3, 0.4) is 0 Å². The van der Waals surface area contributed by atoms with Gasteiger partial charge in [-0.1, -0.05) is 31.9 Å². The number of hydrogen-bond donors (Lipinski definition) is 0. The van der Waals surface area contributed by atoms with Gasteiger partial charge in [-0.05, 0) is 113 Å². The Labute approximate surface area is 228 Å². The molecule has 5 rings (SSSR count). The fraction of sp³-hybridized carbons (Fsp3) is 0.781. The van der Waals surface area contributed by atoms with Gasteiger partial charge in [-0.25, -0.2) is 0 Å². The lowest BCUT2D eigenvalue weighted by Crippen LogP contribution is -2.58. The van der Waals surface area contributed by atoms with Crippen LogP contribution in [0.1, 0.15) is 98.8 Å². The van der Waals surface area contributed by atoms with E-state index in [0.717, 1.165) is 51.7 Å². The standard InChI is InChI=1S/C32H47NO5/c1-21-19-25-26(10-14-31(5)27(25)11-15-32(31,22(2)34)38-23(3)35)30(4)13-9-24(20-28(21)30)37-29(36)12-18-33-16-7-6-8-17-33/h19-20,24-27H,6-18H2,1-5H3/t24-,25-,26-,27+,30-,31+,32+/m1/s1. The minimum atomic E-state index is -1.01. The molecular weight excluding hydrogens is 478 g/mol. The van der Waals surface area contributed by atoms with Crippen LogP contribution in [-0.2, 0) is 23.9 Å². The second-order valence-electron chi connectivity index (χ2n) is 13.3. The van der Waals surface area contributed by atoms with E-state index in [1.165, 1.54) is 37.3 Å². The van der Waals surface area contributed by atoms with Crippen molar-refractivity contribution in [3.05, 3.63) is 23.3 Å². The van der Waals surface area contributed by atoms with Crippen LogP contribution in [0, 0.1) is 28.6 Å². The zero-order valence-corrected chi connectivity index (χ0v) is 24.1. The average molecular weight is 526 g/mol. The van der Waals surface area contributed by atoms with E-state index >= 15 is 0 Å². The molecule has 0 N–H and O–H groups in total. The molecule has 3 fully saturated rings. The first-order valence-corrected chi connectivity index (χ1v) is 15.0. The van der Waals surface area contributed by atoms with Crippen molar-refractivity contribution in [2.45, 2.75) is 111 Å². The fourth-order valence-corrected chi connectivity index (χ4v) is 9.37. The summed E-state index contributed by atoms with van der Waals surface area (Å²) in [6.07, 6.45) is 14.0. The molecule has 0 amide bonds. The van der Waals surface area contributed by atoms with Crippen LogP contribution in [0.25, 0.3) is 0 Å². The molecule has 1 heterocycles. The van der Waals surface area contributed by atoms with E-state index in [2.05, 4.69) is 37.8 Å². The second-order valence-corrected chi connectivity index (χ2v) is 13.3. The van der Waals surface area contributed by atoms with E-state index in [9.17, 15) is 14.4 Å². The van der Waals surface area contributed by atoms with Crippen LogP contribution >= 0.6 is 0 Å². The maximum Gasteiger partial charge on any atom is 0.307 e. The molecular formula is C32H47NO5. The van der Waals surface area contributed by atoms with Crippen molar-refractivity contribution in [3.8, 4) is 0 Å². The van der Waals surface area contributed by atoms with Crippen molar-refractivity contribution in [1.82, 2.24) is 4.90 Å². The van der Waals surface area contributed by atoms with Crippen molar-refractivity contribution in [3.63, 3.8) is 0 Å². The molecule has 6 nitrogen and oxygen atoms in total. The monoisotopic (exact) mass is 525 g/mol. The number of fused-ring (bicyclic) bond motifs is 5. The number of ketones is 1. The maximum absolute atomic E-state index is 13.0. The zero-order valence-electron chi connectivity index (χ0n) is 24.1. The molecule has 0 radical (unpaired) electrons. The Morgan fingerprint density at radius 3 is 2.34 bits per heavy atom. The number of piperidine rings is 1. The van der Waals surface area contributed by atoms with Gasteiger partial charge in [-0.3, -0.25) is 14.4 Å². The van der Waals surface area contributed by atoms with Crippen molar-refractivity contribution in [2.24, 2.45) is 28.6 Å². The highest BCUT2D eigenvalue weighted by atomic mass is 16.6. The number of carbonyl (C=O) groups is 3. The lowest BCUT2D eigenvalue weighted by atomic mass is 9.47. The van der Waals surface area contributed by atoms with Gasteiger partial charge in [0.05, 0.1) is 6.42 Å². The molecule has 0 spiro atoms. The molecule has 0 aromatic rings. The van der Waals surface area contributed by atoms with Crippen LogP contribution in [0.2, 0.25) is 0 Å². The van der Waals surface area contributed by atoms with E-state index in [1.54, 1.807) is 6.92 Å². The summed E-state index contributed by atoms with van der Waals surface area (Å²) in [6.45, 7) is 12.8. The maximum atomic E-state index is 13.0. The summed E-state index contributed by atoms with van der Waals surface area (Å²) >= 11 is 0. The summed E-state index contributed by atoms with van der Waals surface area (Å²) in [7, 11) is 0. The van der Waals surface area contributed by atoms with Gasteiger partial charge in [-0.2, -0.15) is 0 Å². The average Bonchev–Trinajstić information content (AvgIpc) is 3.17. The number of allylic oxidation sites excluding steroid dienone is 3. The SMILES string of the molecule is CC(=O)O[C@]1(C(C)=O)CC[C@H]2[C@@H]3C=C(C)C4=C[C@H](OC(=O)CCN5CCCCC5)CC[C@]4(C)[C@@H]3CC[C@@]21C. The molecule has 4 aliphatic carbocycles. The van der Waals surface area contributed by atoms with E-state index in [-0.39, 0.29) is 34.7 Å². The molecule has 0 bridgehead atoms. The van der Waals surface area contributed by atoms with Crippen LogP contribution in [0.15, 0.2) is 23.3 Å².